The monoisotopic (exact) mass is 278 g/mol. The Morgan fingerprint density at radius 2 is 1.17 bits per heavy atom. The lowest BCUT2D eigenvalue weighted by molar-refractivity contribution is -0.110. The highest BCUT2D eigenvalue weighted by Crippen LogP contribution is 2.31. The van der Waals surface area contributed by atoms with E-state index in [1.165, 1.54) is 0 Å². The molecule has 92 valence electrons. The largest absolute Gasteiger partial charge is 0.302 e. The third-order valence-electron chi connectivity index (χ3n) is 3.12. The number of carbonyl (C=O) groups is 1. The molecule has 3 heteroatoms. The molecule has 0 bridgehead atoms. The quantitative estimate of drug-likeness (QED) is 0.756. The van der Waals surface area contributed by atoms with Crippen LogP contribution in [0.5, 0.6) is 0 Å². The minimum Gasteiger partial charge on any atom is -0.302 e. The second-order valence-electron chi connectivity index (χ2n) is 4.33. The Bertz CT molecular complexity index is 498. The van der Waals surface area contributed by atoms with Crippen molar-refractivity contribution in [1.82, 2.24) is 0 Å². The van der Waals surface area contributed by atoms with Crippen molar-refractivity contribution in [2.24, 2.45) is 0 Å². The standard InChI is InChI=1S/C15H12Cl2O/c1-15(10-18,11-2-6-13(16)7-3-11)12-4-8-14(17)9-5-12/h2-10H,1H3. The first-order chi connectivity index (χ1) is 8.56. The normalized spacial score (nSPS) is 11.3. The van der Waals surface area contributed by atoms with Crippen LogP contribution in [0.3, 0.4) is 0 Å². The van der Waals surface area contributed by atoms with Crippen LogP contribution < -0.4 is 0 Å². The summed E-state index contributed by atoms with van der Waals surface area (Å²) in [5, 5.41) is 1.31. The van der Waals surface area contributed by atoms with E-state index in [2.05, 4.69) is 0 Å². The molecule has 0 unspecified atom stereocenters. The summed E-state index contributed by atoms with van der Waals surface area (Å²) in [5.41, 5.74) is 1.13. The van der Waals surface area contributed by atoms with Crippen LogP contribution in [0.4, 0.5) is 0 Å². The smallest absolute Gasteiger partial charge is 0.134 e. The minimum absolute atomic E-state index is 0.656. The van der Waals surface area contributed by atoms with E-state index in [1.807, 2.05) is 31.2 Å². The van der Waals surface area contributed by atoms with Gasteiger partial charge in [-0.2, -0.15) is 0 Å². The van der Waals surface area contributed by atoms with Crippen LogP contribution in [0.25, 0.3) is 0 Å². The van der Waals surface area contributed by atoms with Gasteiger partial charge in [0.15, 0.2) is 0 Å². The van der Waals surface area contributed by atoms with Gasteiger partial charge in [0.05, 0.1) is 5.41 Å². The van der Waals surface area contributed by atoms with Gasteiger partial charge in [0.1, 0.15) is 6.29 Å². The SMILES string of the molecule is CC(C=O)(c1ccc(Cl)cc1)c1ccc(Cl)cc1. The van der Waals surface area contributed by atoms with Crippen molar-refractivity contribution in [3.05, 3.63) is 69.7 Å². The summed E-state index contributed by atoms with van der Waals surface area (Å²) in [7, 11) is 0. The Kier molecular flexibility index (Phi) is 3.74. The van der Waals surface area contributed by atoms with Crippen LogP contribution in [0.15, 0.2) is 48.5 Å². The fourth-order valence-corrected chi connectivity index (χ4v) is 2.15. The molecule has 0 spiro atoms. The molecule has 0 saturated carbocycles. The van der Waals surface area contributed by atoms with Gasteiger partial charge in [-0.3, -0.25) is 0 Å². The van der Waals surface area contributed by atoms with Crippen molar-refractivity contribution in [2.45, 2.75) is 12.3 Å². The number of aldehydes is 1. The van der Waals surface area contributed by atoms with E-state index < -0.39 is 5.41 Å². The topological polar surface area (TPSA) is 17.1 Å². The molecule has 0 N–H and O–H groups in total. The van der Waals surface area contributed by atoms with Crippen molar-refractivity contribution in [3.63, 3.8) is 0 Å². The van der Waals surface area contributed by atoms with Gasteiger partial charge in [0, 0.05) is 10.0 Å². The van der Waals surface area contributed by atoms with Gasteiger partial charge in [-0.1, -0.05) is 47.5 Å². The average molecular weight is 279 g/mol. The second-order valence-corrected chi connectivity index (χ2v) is 5.21. The number of benzene rings is 2. The van der Waals surface area contributed by atoms with E-state index >= 15 is 0 Å². The van der Waals surface area contributed by atoms with E-state index in [9.17, 15) is 4.79 Å². The van der Waals surface area contributed by atoms with Crippen molar-refractivity contribution < 1.29 is 4.79 Å². The van der Waals surface area contributed by atoms with Crippen LogP contribution in [-0.4, -0.2) is 6.29 Å². The van der Waals surface area contributed by atoms with Crippen LogP contribution in [-0.2, 0) is 10.2 Å². The molecule has 0 aromatic heterocycles. The first-order valence-electron chi connectivity index (χ1n) is 5.55. The third kappa shape index (κ3) is 2.43. The molecule has 0 fully saturated rings. The molecule has 2 aromatic rings. The van der Waals surface area contributed by atoms with Crippen LogP contribution in [0.1, 0.15) is 18.1 Å². The highest BCUT2D eigenvalue weighted by atomic mass is 35.5. The van der Waals surface area contributed by atoms with E-state index in [1.54, 1.807) is 24.3 Å². The number of hydrogen-bond acceptors (Lipinski definition) is 1. The van der Waals surface area contributed by atoms with Gasteiger partial charge < -0.3 is 4.79 Å². The molecular formula is C15H12Cl2O. The second kappa shape index (κ2) is 5.13. The maximum absolute atomic E-state index is 11.5. The van der Waals surface area contributed by atoms with Gasteiger partial charge in [-0.25, -0.2) is 0 Å². The fraction of sp³-hybridized carbons (Fsp3) is 0.133. The minimum atomic E-state index is -0.685. The maximum atomic E-state index is 11.5. The molecule has 1 nitrogen and oxygen atoms in total. The summed E-state index contributed by atoms with van der Waals surface area (Å²) >= 11 is 11.7. The molecule has 0 radical (unpaired) electrons. The zero-order valence-electron chi connectivity index (χ0n) is 9.86. The zero-order valence-corrected chi connectivity index (χ0v) is 11.4. The number of hydrogen-bond donors (Lipinski definition) is 0. The zero-order chi connectivity index (χ0) is 13.2. The Morgan fingerprint density at radius 3 is 1.44 bits per heavy atom. The molecule has 18 heavy (non-hydrogen) atoms. The number of carbonyl (C=O) groups excluding carboxylic acids is 1. The molecule has 0 aliphatic carbocycles. The van der Waals surface area contributed by atoms with Gasteiger partial charge >= 0.3 is 0 Å². The lowest BCUT2D eigenvalue weighted by atomic mass is 9.78. The van der Waals surface area contributed by atoms with Gasteiger partial charge in [0.25, 0.3) is 0 Å². The van der Waals surface area contributed by atoms with Crippen molar-refractivity contribution in [1.29, 1.82) is 0 Å². The average Bonchev–Trinajstić information content (AvgIpc) is 2.39. The molecule has 0 saturated heterocycles. The Morgan fingerprint density at radius 1 is 0.833 bits per heavy atom. The molecule has 0 heterocycles. The Labute approximate surface area is 116 Å². The van der Waals surface area contributed by atoms with Gasteiger partial charge in [-0.05, 0) is 42.3 Å². The van der Waals surface area contributed by atoms with E-state index in [-0.39, 0.29) is 0 Å². The third-order valence-corrected chi connectivity index (χ3v) is 3.63. The molecule has 0 amide bonds. The van der Waals surface area contributed by atoms with Crippen molar-refractivity contribution >= 4 is 29.5 Å². The number of halogens is 2. The highest BCUT2D eigenvalue weighted by molar-refractivity contribution is 6.30. The summed E-state index contributed by atoms with van der Waals surface area (Å²) in [5.74, 6) is 0. The predicted molar refractivity (Wildman–Crippen MR) is 75.4 cm³/mol. The lowest BCUT2D eigenvalue weighted by Crippen LogP contribution is -2.25. The summed E-state index contributed by atoms with van der Waals surface area (Å²) in [6, 6.07) is 14.6. The van der Waals surface area contributed by atoms with Crippen LogP contribution in [0.2, 0.25) is 10.0 Å². The molecule has 2 aromatic carbocycles. The number of rotatable bonds is 3. The summed E-state index contributed by atoms with van der Waals surface area (Å²) in [6.45, 7) is 1.88. The van der Waals surface area contributed by atoms with Crippen LogP contribution >= 0.6 is 23.2 Å². The van der Waals surface area contributed by atoms with Crippen LogP contribution in [0, 0.1) is 0 Å². The fourth-order valence-electron chi connectivity index (χ4n) is 1.89. The molecule has 2 rings (SSSR count). The van der Waals surface area contributed by atoms with E-state index in [0.717, 1.165) is 17.4 Å². The first-order valence-corrected chi connectivity index (χ1v) is 6.30. The van der Waals surface area contributed by atoms with E-state index in [0.29, 0.717) is 10.0 Å². The van der Waals surface area contributed by atoms with Gasteiger partial charge in [0.2, 0.25) is 0 Å². The Balaban J connectivity index is 2.50. The first kappa shape index (κ1) is 13.1. The Hall–Kier alpha value is -1.31. The summed E-state index contributed by atoms with van der Waals surface area (Å²) in [4.78, 5) is 11.5. The summed E-state index contributed by atoms with van der Waals surface area (Å²) in [6.07, 6.45) is 0.944. The summed E-state index contributed by atoms with van der Waals surface area (Å²) < 4.78 is 0. The van der Waals surface area contributed by atoms with E-state index in [4.69, 9.17) is 23.2 Å². The van der Waals surface area contributed by atoms with Gasteiger partial charge in [-0.15, -0.1) is 0 Å². The van der Waals surface area contributed by atoms with Crippen molar-refractivity contribution in [3.8, 4) is 0 Å². The molecule has 0 aliphatic heterocycles. The van der Waals surface area contributed by atoms with Crippen molar-refractivity contribution in [2.75, 3.05) is 0 Å². The maximum Gasteiger partial charge on any atom is 0.134 e. The highest BCUT2D eigenvalue weighted by Gasteiger charge is 2.28. The molecular weight excluding hydrogens is 267 g/mol. The molecule has 0 aliphatic rings. The lowest BCUT2D eigenvalue weighted by Gasteiger charge is -2.24. The molecule has 0 atom stereocenters. The predicted octanol–water partition coefficient (Wildman–Crippen LogP) is 4.50.